The molecule has 0 aliphatic carbocycles. The van der Waals surface area contributed by atoms with Gasteiger partial charge in [-0.05, 0) is 22.6 Å². The van der Waals surface area contributed by atoms with E-state index in [1.54, 1.807) is 35.0 Å². The Bertz CT molecular complexity index is 1520. The van der Waals surface area contributed by atoms with Crippen LogP contribution in [-0.2, 0) is 19.8 Å². The molecule has 0 amide bonds. The van der Waals surface area contributed by atoms with Crippen molar-refractivity contribution in [3.8, 4) is 11.4 Å². The number of H-pyrrole nitrogens is 1. The second-order valence-electron chi connectivity index (χ2n) is 9.56. The molecule has 0 fully saturated rings. The summed E-state index contributed by atoms with van der Waals surface area (Å²) in [5.41, 5.74) is 3.10. The van der Waals surface area contributed by atoms with Crippen LogP contribution < -0.4 is 10.6 Å². The number of rotatable bonds is 5. The van der Waals surface area contributed by atoms with Gasteiger partial charge in [-0.3, -0.25) is 9.56 Å². The Hall–Kier alpha value is -4.08. The van der Waals surface area contributed by atoms with Crippen LogP contribution in [0.4, 0.5) is 19.0 Å². The number of aryl methyl sites for hydroxylation is 1. The normalized spacial score (nSPS) is 15.5. The number of hydrogen-bond acceptors (Lipinski definition) is 4. The molecule has 3 heterocycles. The summed E-state index contributed by atoms with van der Waals surface area (Å²) in [5, 5.41) is 0. The summed E-state index contributed by atoms with van der Waals surface area (Å²) in [6.07, 6.45) is -2.11. The van der Waals surface area contributed by atoms with E-state index >= 15 is 0 Å². The number of nitrogens with one attached hydrogen (secondary N) is 1. The lowest BCUT2D eigenvalue weighted by atomic mass is 9.95. The number of halogens is 3. The molecule has 1 unspecified atom stereocenters. The molecule has 1 atom stereocenters. The summed E-state index contributed by atoms with van der Waals surface area (Å²) in [6.45, 7) is 4.57. The summed E-state index contributed by atoms with van der Waals surface area (Å²) >= 11 is 0. The van der Waals surface area contributed by atoms with Gasteiger partial charge in [0.25, 0.3) is 0 Å². The summed E-state index contributed by atoms with van der Waals surface area (Å²) in [5.74, 6) is 1.27. The third-order valence-corrected chi connectivity index (χ3v) is 6.64. The zero-order valence-electron chi connectivity index (χ0n) is 20.9. The molecule has 1 aliphatic heterocycles. The third-order valence-electron chi connectivity index (χ3n) is 6.64. The highest BCUT2D eigenvalue weighted by Crippen LogP contribution is 2.35. The van der Waals surface area contributed by atoms with Crippen molar-refractivity contribution < 1.29 is 13.2 Å². The summed E-state index contributed by atoms with van der Waals surface area (Å²) in [4.78, 5) is 26.3. The molecule has 2 aromatic carbocycles. The number of aromatic amines is 1. The molecule has 0 saturated heterocycles. The van der Waals surface area contributed by atoms with Gasteiger partial charge in [0.05, 0.1) is 12.8 Å². The summed E-state index contributed by atoms with van der Waals surface area (Å²) in [6, 6.07) is 15.2. The van der Waals surface area contributed by atoms with Crippen LogP contribution in [0.2, 0.25) is 0 Å². The molecule has 0 saturated carbocycles. The second-order valence-corrected chi connectivity index (χ2v) is 9.56. The number of fused-ring (bicyclic) bond motifs is 1. The Kier molecular flexibility index (Phi) is 6.05. The van der Waals surface area contributed by atoms with Crippen LogP contribution in [-0.4, -0.2) is 32.4 Å². The molecule has 10 heteroatoms. The van der Waals surface area contributed by atoms with Gasteiger partial charge in [0, 0.05) is 25.9 Å². The van der Waals surface area contributed by atoms with Crippen LogP contribution in [0.5, 0.6) is 0 Å². The molecule has 0 bridgehead atoms. The van der Waals surface area contributed by atoms with Gasteiger partial charge in [0.2, 0.25) is 0 Å². The average Bonchev–Trinajstić information content (AvgIpc) is 3.40. The number of imidazole rings is 2. The van der Waals surface area contributed by atoms with Crippen molar-refractivity contribution >= 4 is 12.0 Å². The smallest absolute Gasteiger partial charge is 0.333 e. The highest BCUT2D eigenvalue weighted by atomic mass is 19.4. The van der Waals surface area contributed by atoms with E-state index in [1.165, 1.54) is 17.2 Å². The fraction of sp³-hybridized carbons (Fsp3) is 0.296. The highest BCUT2D eigenvalue weighted by Gasteiger charge is 2.34. The fourth-order valence-electron chi connectivity index (χ4n) is 4.83. The Morgan fingerprint density at radius 3 is 2.41 bits per heavy atom. The van der Waals surface area contributed by atoms with Crippen LogP contribution >= 0.6 is 0 Å². The number of nitrogens with zero attached hydrogens (tertiary/aromatic N) is 5. The summed E-state index contributed by atoms with van der Waals surface area (Å²) < 4.78 is 42.2. The lowest BCUT2D eigenvalue weighted by Gasteiger charge is -2.32. The molecule has 0 spiro atoms. The van der Waals surface area contributed by atoms with Crippen LogP contribution in [0.25, 0.3) is 11.4 Å². The molecule has 1 N–H and O–H groups in total. The van der Waals surface area contributed by atoms with E-state index in [2.05, 4.69) is 35.9 Å². The fourth-order valence-corrected chi connectivity index (χ4v) is 4.83. The van der Waals surface area contributed by atoms with E-state index in [4.69, 9.17) is 4.99 Å². The van der Waals surface area contributed by atoms with Crippen LogP contribution in [0, 0.1) is 0 Å². The minimum Gasteiger partial charge on any atom is -0.333 e. The number of anilines is 1. The molecule has 2 aromatic heterocycles. The Labute approximate surface area is 211 Å². The quantitative estimate of drug-likeness (QED) is 0.396. The predicted octanol–water partition coefficient (Wildman–Crippen LogP) is 5.33. The van der Waals surface area contributed by atoms with E-state index in [0.717, 1.165) is 23.1 Å². The van der Waals surface area contributed by atoms with Gasteiger partial charge in [-0.15, -0.1) is 0 Å². The Morgan fingerprint density at radius 1 is 1.05 bits per heavy atom. The minimum atomic E-state index is -4.51. The van der Waals surface area contributed by atoms with Gasteiger partial charge >= 0.3 is 11.9 Å². The van der Waals surface area contributed by atoms with Crippen molar-refractivity contribution in [1.29, 1.82) is 0 Å². The highest BCUT2D eigenvalue weighted by molar-refractivity contribution is 5.87. The second kappa shape index (κ2) is 9.10. The first-order valence-electron chi connectivity index (χ1n) is 11.9. The monoisotopic (exact) mass is 508 g/mol. The van der Waals surface area contributed by atoms with Gasteiger partial charge < -0.3 is 14.5 Å². The SMILES string of the molecule is CC(C)c1ccccc1C1N=Cc2[nH]c(=O)n(Cc3ccc(-c4nc(C(F)(F)F)cn4C)cc3)c2N1C. The topological polar surface area (TPSA) is 71.2 Å². The van der Waals surface area contributed by atoms with Crippen molar-refractivity contribution in [2.75, 3.05) is 11.9 Å². The lowest BCUT2D eigenvalue weighted by molar-refractivity contribution is -0.140. The van der Waals surface area contributed by atoms with E-state index in [0.29, 0.717) is 17.2 Å². The molecular weight excluding hydrogens is 481 g/mol. The van der Waals surface area contributed by atoms with E-state index in [-0.39, 0.29) is 24.2 Å². The molecule has 1 aliphatic rings. The number of aliphatic imine (C=N–C) groups is 1. The van der Waals surface area contributed by atoms with E-state index in [9.17, 15) is 18.0 Å². The molecular formula is C27H27F3N6O. The van der Waals surface area contributed by atoms with Gasteiger partial charge in [-0.25, -0.2) is 9.78 Å². The van der Waals surface area contributed by atoms with Crippen molar-refractivity contribution in [1.82, 2.24) is 19.1 Å². The molecule has 7 nitrogen and oxygen atoms in total. The number of benzene rings is 2. The molecule has 5 rings (SSSR count). The number of alkyl halides is 3. The van der Waals surface area contributed by atoms with Crippen molar-refractivity contribution in [3.05, 3.63) is 93.3 Å². The zero-order valence-corrected chi connectivity index (χ0v) is 20.9. The standard InChI is InChI=1S/C27H27F3N6O/c1-16(2)19-7-5-6-8-20(19)24-31-13-21-25(35(24)4)36(26(37)32-21)14-17-9-11-18(12-10-17)23-33-22(15-34(23)3)27(28,29)30/h5-13,15-16,24H,14H2,1-4H3,(H,32,37). The van der Waals surface area contributed by atoms with Crippen molar-refractivity contribution in [2.45, 2.75) is 38.7 Å². The molecule has 0 radical (unpaired) electrons. The minimum absolute atomic E-state index is 0.220. The van der Waals surface area contributed by atoms with Crippen molar-refractivity contribution in [2.24, 2.45) is 12.0 Å². The van der Waals surface area contributed by atoms with Gasteiger partial charge in [-0.1, -0.05) is 62.4 Å². The molecule has 192 valence electrons. The van der Waals surface area contributed by atoms with E-state index < -0.39 is 11.9 Å². The average molecular weight is 509 g/mol. The number of aromatic nitrogens is 4. The maximum absolute atomic E-state index is 13.1. The van der Waals surface area contributed by atoms with Gasteiger partial charge in [0.1, 0.15) is 23.5 Å². The zero-order chi connectivity index (χ0) is 26.5. The maximum atomic E-state index is 13.1. The van der Waals surface area contributed by atoms with Crippen molar-refractivity contribution in [3.63, 3.8) is 0 Å². The largest absolute Gasteiger partial charge is 0.434 e. The first kappa shape index (κ1) is 24.6. The summed E-state index contributed by atoms with van der Waals surface area (Å²) in [7, 11) is 3.45. The van der Waals surface area contributed by atoms with Gasteiger partial charge in [0.15, 0.2) is 5.69 Å². The predicted molar refractivity (Wildman–Crippen MR) is 137 cm³/mol. The van der Waals surface area contributed by atoms with Crippen LogP contribution in [0.1, 0.15) is 54.0 Å². The van der Waals surface area contributed by atoms with Crippen LogP contribution in [0.15, 0.2) is 64.5 Å². The van der Waals surface area contributed by atoms with E-state index in [1.807, 2.05) is 24.1 Å². The Balaban J connectivity index is 1.44. The number of hydrogen-bond donors (Lipinski definition) is 1. The van der Waals surface area contributed by atoms with Gasteiger partial charge in [-0.2, -0.15) is 13.2 Å². The molecule has 37 heavy (non-hydrogen) atoms. The lowest BCUT2D eigenvalue weighted by Crippen LogP contribution is -2.31. The third kappa shape index (κ3) is 4.47. The molecule has 4 aromatic rings. The first-order chi connectivity index (χ1) is 17.5. The first-order valence-corrected chi connectivity index (χ1v) is 11.9. The Morgan fingerprint density at radius 2 is 1.76 bits per heavy atom. The van der Waals surface area contributed by atoms with Crippen LogP contribution in [0.3, 0.4) is 0 Å². The maximum Gasteiger partial charge on any atom is 0.434 e.